The van der Waals surface area contributed by atoms with Gasteiger partial charge in [0, 0.05) is 37.8 Å². The van der Waals surface area contributed by atoms with Crippen LogP contribution in [0.15, 0.2) is 91.1 Å². The molecule has 0 unspecified atom stereocenters. The van der Waals surface area contributed by atoms with Gasteiger partial charge in [-0.3, -0.25) is 4.90 Å². The lowest BCUT2D eigenvalue weighted by atomic mass is 10.1. The second-order valence-corrected chi connectivity index (χ2v) is 7.54. The third-order valence-corrected chi connectivity index (χ3v) is 5.27. The summed E-state index contributed by atoms with van der Waals surface area (Å²) in [5, 5.41) is 11.6. The van der Waals surface area contributed by atoms with Crippen LogP contribution in [0.5, 0.6) is 5.75 Å². The second-order valence-electron chi connectivity index (χ2n) is 7.54. The quantitative estimate of drug-likeness (QED) is 0.399. The van der Waals surface area contributed by atoms with E-state index in [-0.39, 0.29) is 0 Å². The molecule has 3 aromatic carbocycles. The van der Waals surface area contributed by atoms with Crippen LogP contribution in [-0.2, 0) is 24.4 Å². The molecule has 158 valence electrons. The lowest BCUT2D eigenvalue weighted by molar-refractivity contribution is -0.307. The Morgan fingerprint density at radius 2 is 1.48 bits per heavy atom. The molecule has 0 bridgehead atoms. The number of carbonyl (C=O) groups excluding carboxylic acids is 1. The predicted octanol–water partition coefficient (Wildman–Crippen LogP) is 3.47. The topological polar surface area (TPSA) is 57.5 Å². The van der Waals surface area contributed by atoms with Crippen molar-refractivity contribution in [2.75, 3.05) is 13.2 Å². The lowest BCUT2D eigenvalue weighted by Crippen LogP contribution is -2.28. The van der Waals surface area contributed by atoms with Gasteiger partial charge in [0.05, 0.1) is 11.5 Å². The number of fused-ring (bicyclic) bond motifs is 1. The number of aliphatic carboxylic acids is 1. The summed E-state index contributed by atoms with van der Waals surface area (Å²) >= 11 is 0. The third kappa shape index (κ3) is 5.53. The van der Waals surface area contributed by atoms with Gasteiger partial charge in [0.15, 0.2) is 0 Å². The summed E-state index contributed by atoms with van der Waals surface area (Å²) in [5.41, 5.74) is 3.60. The standard InChI is InChI=1S/C26H26N2O3/c29-26(30)20-31-25-13-7-12-24-23(25)14-15-28(24)17-16-27(18-21-8-3-1-4-9-21)19-22-10-5-2-6-11-22/h1-15H,16-20H2,(H,29,30)/p-1. The molecule has 1 heterocycles. The Hall–Kier alpha value is -3.57. The summed E-state index contributed by atoms with van der Waals surface area (Å²) in [6.45, 7) is 2.97. The van der Waals surface area contributed by atoms with Crippen LogP contribution in [0.1, 0.15) is 11.1 Å². The first-order chi connectivity index (χ1) is 15.2. The van der Waals surface area contributed by atoms with Crippen LogP contribution < -0.4 is 9.84 Å². The summed E-state index contributed by atoms with van der Waals surface area (Å²) in [5.74, 6) is -0.667. The van der Waals surface area contributed by atoms with Gasteiger partial charge in [0.25, 0.3) is 0 Å². The third-order valence-electron chi connectivity index (χ3n) is 5.27. The zero-order valence-electron chi connectivity index (χ0n) is 17.3. The first-order valence-electron chi connectivity index (χ1n) is 10.4. The van der Waals surface area contributed by atoms with Crippen molar-refractivity contribution in [3.8, 4) is 5.75 Å². The SMILES string of the molecule is O=C([O-])COc1cccc2c1ccn2CCN(Cc1ccccc1)Cc1ccccc1. The van der Waals surface area contributed by atoms with Crippen molar-refractivity contribution in [3.05, 3.63) is 102 Å². The highest BCUT2D eigenvalue weighted by atomic mass is 16.5. The van der Waals surface area contributed by atoms with Crippen LogP contribution in [0.3, 0.4) is 0 Å². The molecule has 5 nitrogen and oxygen atoms in total. The number of nitrogens with zero attached hydrogens (tertiary/aromatic N) is 2. The predicted molar refractivity (Wildman–Crippen MR) is 119 cm³/mol. The van der Waals surface area contributed by atoms with Crippen molar-refractivity contribution in [3.63, 3.8) is 0 Å². The fourth-order valence-corrected chi connectivity index (χ4v) is 3.80. The number of carbonyl (C=O) groups is 1. The molecule has 0 radical (unpaired) electrons. The van der Waals surface area contributed by atoms with E-state index >= 15 is 0 Å². The second kappa shape index (κ2) is 9.96. The molecule has 31 heavy (non-hydrogen) atoms. The van der Waals surface area contributed by atoms with Gasteiger partial charge in [-0.15, -0.1) is 0 Å². The van der Waals surface area contributed by atoms with Gasteiger partial charge in [-0.2, -0.15) is 0 Å². The molecular weight excluding hydrogens is 388 g/mol. The molecule has 0 amide bonds. The monoisotopic (exact) mass is 413 g/mol. The number of rotatable bonds is 10. The molecule has 0 spiro atoms. The van der Waals surface area contributed by atoms with Crippen LogP contribution in [0.2, 0.25) is 0 Å². The molecule has 0 atom stereocenters. The maximum Gasteiger partial charge on any atom is 0.129 e. The van der Waals surface area contributed by atoms with Gasteiger partial charge in [0.1, 0.15) is 12.4 Å². The van der Waals surface area contributed by atoms with Gasteiger partial charge >= 0.3 is 0 Å². The Morgan fingerprint density at radius 3 is 2.10 bits per heavy atom. The number of ether oxygens (including phenoxy) is 1. The van der Waals surface area contributed by atoms with Gasteiger partial charge in [-0.25, -0.2) is 0 Å². The van der Waals surface area contributed by atoms with E-state index in [1.54, 1.807) is 6.07 Å². The van der Waals surface area contributed by atoms with Crippen LogP contribution in [-0.4, -0.2) is 28.6 Å². The largest absolute Gasteiger partial charge is 0.546 e. The molecule has 0 fully saturated rings. The minimum absolute atomic E-state index is 0.452. The summed E-state index contributed by atoms with van der Waals surface area (Å²) in [4.78, 5) is 13.2. The smallest absolute Gasteiger partial charge is 0.129 e. The Morgan fingerprint density at radius 1 is 0.839 bits per heavy atom. The molecule has 4 rings (SSSR count). The Bertz CT molecular complexity index is 1080. The fourth-order valence-electron chi connectivity index (χ4n) is 3.80. The van der Waals surface area contributed by atoms with Crippen molar-refractivity contribution in [2.24, 2.45) is 0 Å². The zero-order chi connectivity index (χ0) is 21.5. The minimum atomic E-state index is -1.23. The van der Waals surface area contributed by atoms with Crippen LogP contribution >= 0.6 is 0 Å². The molecule has 0 saturated carbocycles. The van der Waals surface area contributed by atoms with Crippen molar-refractivity contribution < 1.29 is 14.6 Å². The van der Waals surface area contributed by atoms with E-state index in [1.165, 1.54) is 11.1 Å². The van der Waals surface area contributed by atoms with Crippen molar-refractivity contribution in [1.29, 1.82) is 0 Å². The van der Waals surface area contributed by atoms with Crippen molar-refractivity contribution >= 4 is 16.9 Å². The van der Waals surface area contributed by atoms with Crippen LogP contribution in [0.25, 0.3) is 10.9 Å². The molecule has 1 aromatic heterocycles. The van der Waals surface area contributed by atoms with Gasteiger partial charge in [-0.05, 0) is 29.3 Å². The van der Waals surface area contributed by atoms with E-state index in [9.17, 15) is 9.90 Å². The highest BCUT2D eigenvalue weighted by molar-refractivity contribution is 5.86. The summed E-state index contributed by atoms with van der Waals surface area (Å²) in [7, 11) is 0. The maximum absolute atomic E-state index is 10.7. The first kappa shape index (κ1) is 20.7. The van der Waals surface area contributed by atoms with Crippen molar-refractivity contribution in [1.82, 2.24) is 9.47 Å². The normalized spacial score (nSPS) is 11.1. The molecule has 0 N–H and O–H groups in total. The van der Waals surface area contributed by atoms with Crippen LogP contribution in [0, 0.1) is 0 Å². The molecule has 0 saturated heterocycles. The Kier molecular flexibility index (Phi) is 6.65. The number of hydrogen-bond donors (Lipinski definition) is 0. The lowest BCUT2D eigenvalue weighted by Gasteiger charge is -2.23. The Balaban J connectivity index is 1.50. The maximum atomic E-state index is 10.7. The summed E-state index contributed by atoms with van der Waals surface area (Å²) < 4.78 is 7.58. The highest BCUT2D eigenvalue weighted by Crippen LogP contribution is 2.26. The fraction of sp³-hybridized carbons (Fsp3) is 0.192. The number of carboxylic acid groups (broad SMARTS) is 1. The number of benzene rings is 3. The highest BCUT2D eigenvalue weighted by Gasteiger charge is 2.11. The van der Waals surface area contributed by atoms with E-state index < -0.39 is 12.6 Å². The molecule has 4 aromatic rings. The molecule has 5 heteroatoms. The van der Waals surface area contributed by atoms with E-state index in [4.69, 9.17) is 4.74 Å². The molecule has 0 aliphatic heterocycles. The number of carboxylic acids is 1. The summed E-state index contributed by atoms with van der Waals surface area (Å²) in [6.07, 6.45) is 2.03. The first-order valence-corrected chi connectivity index (χ1v) is 10.4. The number of aromatic nitrogens is 1. The average Bonchev–Trinajstić information content (AvgIpc) is 3.21. The van der Waals surface area contributed by atoms with E-state index in [0.717, 1.165) is 37.1 Å². The molecule has 0 aliphatic carbocycles. The van der Waals surface area contributed by atoms with E-state index in [0.29, 0.717) is 5.75 Å². The average molecular weight is 413 g/mol. The zero-order valence-corrected chi connectivity index (χ0v) is 17.3. The van der Waals surface area contributed by atoms with Gasteiger partial charge < -0.3 is 19.2 Å². The van der Waals surface area contributed by atoms with Crippen LogP contribution in [0.4, 0.5) is 0 Å². The van der Waals surface area contributed by atoms with Gasteiger partial charge in [-0.1, -0.05) is 66.7 Å². The van der Waals surface area contributed by atoms with Gasteiger partial charge in [0.2, 0.25) is 0 Å². The number of hydrogen-bond acceptors (Lipinski definition) is 4. The Labute approximate surface area is 182 Å². The minimum Gasteiger partial charge on any atom is -0.546 e. The van der Waals surface area contributed by atoms with Crippen molar-refractivity contribution in [2.45, 2.75) is 19.6 Å². The van der Waals surface area contributed by atoms with E-state index in [1.807, 2.05) is 36.5 Å². The molecular formula is C26H25N2O3-. The van der Waals surface area contributed by atoms with E-state index in [2.05, 4.69) is 58.0 Å². The summed E-state index contributed by atoms with van der Waals surface area (Å²) in [6, 6.07) is 28.7. The molecule has 0 aliphatic rings.